The topological polar surface area (TPSA) is 79.0 Å². The molecule has 0 unspecified atom stereocenters. The van der Waals surface area contributed by atoms with Crippen LogP contribution in [0.5, 0.6) is 5.75 Å². The summed E-state index contributed by atoms with van der Waals surface area (Å²) in [6.45, 7) is 3.03. The second-order valence-corrected chi connectivity index (χ2v) is 7.58. The number of fused-ring (bicyclic) bond motifs is 1. The van der Waals surface area contributed by atoms with Crippen molar-refractivity contribution in [2.45, 2.75) is 31.9 Å². The zero-order valence-corrected chi connectivity index (χ0v) is 16.4. The number of ether oxygens (including phenoxy) is 1. The molecule has 2 N–H and O–H groups in total. The normalized spacial score (nSPS) is 17.1. The minimum atomic E-state index is -0.672. The van der Waals surface area contributed by atoms with Crippen LogP contribution in [0.4, 0.5) is 14.6 Å². The van der Waals surface area contributed by atoms with Gasteiger partial charge < -0.3 is 15.0 Å². The van der Waals surface area contributed by atoms with Crippen molar-refractivity contribution in [3.8, 4) is 17.0 Å². The highest BCUT2D eigenvalue weighted by atomic mass is 19.1. The smallest absolute Gasteiger partial charge is 0.167 e. The van der Waals surface area contributed by atoms with Crippen molar-refractivity contribution in [3.05, 3.63) is 53.6 Å². The Labute approximate surface area is 172 Å². The third-order valence-electron chi connectivity index (χ3n) is 5.56. The first-order valence-corrected chi connectivity index (χ1v) is 10.1. The summed E-state index contributed by atoms with van der Waals surface area (Å²) in [6, 6.07) is 3.40. The van der Waals surface area contributed by atoms with Crippen LogP contribution in [0, 0.1) is 11.6 Å². The minimum absolute atomic E-state index is 0.0926. The average Bonchev–Trinajstić information content (AvgIpc) is 3.30. The Balaban J connectivity index is 1.35. The zero-order chi connectivity index (χ0) is 20.5. The van der Waals surface area contributed by atoms with Crippen molar-refractivity contribution in [2.75, 3.05) is 24.5 Å². The standard InChI is InChI=1S/C21H22F2N6O/c22-14-1-2-19(16(23)9-14)30-15-4-7-29(8-5-15)21-20(13-10-25-26-11-13)27-18-12-24-6-3-17(18)28-21/h1-2,9-11,15,24H,3-8,12H2,(H,25,26). The Morgan fingerprint density at radius 2 is 1.97 bits per heavy atom. The fraction of sp³-hybridized carbons (Fsp3) is 0.381. The van der Waals surface area contributed by atoms with Gasteiger partial charge in [-0.2, -0.15) is 5.10 Å². The molecule has 0 saturated carbocycles. The molecular formula is C21H22F2N6O. The van der Waals surface area contributed by atoms with E-state index in [1.807, 2.05) is 6.20 Å². The van der Waals surface area contributed by atoms with Crippen LogP contribution in [0.3, 0.4) is 0 Å². The Kier molecular flexibility index (Phi) is 5.04. The first-order valence-electron chi connectivity index (χ1n) is 10.1. The van der Waals surface area contributed by atoms with Crippen LogP contribution in [0.25, 0.3) is 11.3 Å². The summed E-state index contributed by atoms with van der Waals surface area (Å²) in [4.78, 5) is 12.1. The summed E-state index contributed by atoms with van der Waals surface area (Å²) in [7, 11) is 0. The molecule has 0 amide bonds. The van der Waals surface area contributed by atoms with Crippen molar-refractivity contribution in [1.82, 2.24) is 25.5 Å². The van der Waals surface area contributed by atoms with E-state index in [9.17, 15) is 8.78 Å². The lowest BCUT2D eigenvalue weighted by Crippen LogP contribution is -2.39. The fourth-order valence-electron chi connectivity index (χ4n) is 3.98. The number of hydrogen-bond donors (Lipinski definition) is 2. The molecule has 4 heterocycles. The van der Waals surface area contributed by atoms with Crippen LogP contribution in [0.15, 0.2) is 30.6 Å². The van der Waals surface area contributed by atoms with Crippen molar-refractivity contribution < 1.29 is 13.5 Å². The van der Waals surface area contributed by atoms with Gasteiger partial charge in [0, 0.05) is 63.3 Å². The molecule has 0 radical (unpaired) electrons. The largest absolute Gasteiger partial charge is 0.487 e. The number of H-pyrrole nitrogens is 1. The van der Waals surface area contributed by atoms with E-state index in [0.717, 1.165) is 47.5 Å². The summed E-state index contributed by atoms with van der Waals surface area (Å²) in [5.41, 5.74) is 3.72. The molecule has 7 nitrogen and oxygen atoms in total. The second-order valence-electron chi connectivity index (χ2n) is 7.58. The monoisotopic (exact) mass is 412 g/mol. The lowest BCUT2D eigenvalue weighted by atomic mass is 10.1. The maximum absolute atomic E-state index is 13.9. The number of nitrogens with zero attached hydrogens (tertiary/aromatic N) is 4. The summed E-state index contributed by atoms with van der Waals surface area (Å²) in [5, 5.41) is 10.2. The maximum Gasteiger partial charge on any atom is 0.167 e. The zero-order valence-electron chi connectivity index (χ0n) is 16.4. The fourth-order valence-corrected chi connectivity index (χ4v) is 3.98. The third kappa shape index (κ3) is 3.72. The number of halogens is 2. The van der Waals surface area contributed by atoms with E-state index in [0.29, 0.717) is 32.5 Å². The van der Waals surface area contributed by atoms with Crippen LogP contribution in [-0.2, 0) is 13.0 Å². The van der Waals surface area contributed by atoms with Crippen LogP contribution in [0.1, 0.15) is 24.2 Å². The van der Waals surface area contributed by atoms with E-state index in [-0.39, 0.29) is 11.9 Å². The molecule has 1 aromatic carbocycles. The van der Waals surface area contributed by atoms with Crippen LogP contribution >= 0.6 is 0 Å². The number of aromatic nitrogens is 4. The second kappa shape index (κ2) is 7.98. The van der Waals surface area contributed by atoms with Gasteiger partial charge in [-0.25, -0.2) is 18.7 Å². The van der Waals surface area contributed by atoms with Crippen LogP contribution in [0.2, 0.25) is 0 Å². The molecule has 0 atom stereocenters. The highest BCUT2D eigenvalue weighted by Crippen LogP contribution is 2.32. The molecule has 2 aliphatic rings. The summed E-state index contributed by atoms with van der Waals surface area (Å²) < 4.78 is 32.8. The minimum Gasteiger partial charge on any atom is -0.487 e. The molecule has 1 fully saturated rings. The van der Waals surface area contributed by atoms with Gasteiger partial charge in [-0.1, -0.05) is 0 Å². The number of aromatic amines is 1. The lowest BCUT2D eigenvalue weighted by Gasteiger charge is -2.34. The van der Waals surface area contributed by atoms with Crippen molar-refractivity contribution in [1.29, 1.82) is 0 Å². The highest BCUT2D eigenvalue weighted by Gasteiger charge is 2.27. The number of hydrogen-bond acceptors (Lipinski definition) is 6. The lowest BCUT2D eigenvalue weighted by molar-refractivity contribution is 0.163. The Morgan fingerprint density at radius 1 is 1.10 bits per heavy atom. The third-order valence-corrected chi connectivity index (χ3v) is 5.56. The number of piperidine rings is 1. The summed E-state index contributed by atoms with van der Waals surface area (Å²) >= 11 is 0. The average molecular weight is 412 g/mol. The Morgan fingerprint density at radius 3 is 2.73 bits per heavy atom. The van der Waals surface area contributed by atoms with Gasteiger partial charge in [0.15, 0.2) is 17.4 Å². The first-order chi connectivity index (χ1) is 14.7. The van der Waals surface area contributed by atoms with Crippen LogP contribution in [-0.4, -0.2) is 45.9 Å². The molecule has 0 bridgehead atoms. The van der Waals surface area contributed by atoms with Gasteiger partial charge >= 0.3 is 0 Å². The Bertz CT molecular complexity index is 1030. The molecule has 9 heteroatoms. The molecular weight excluding hydrogens is 390 g/mol. The molecule has 3 aromatic rings. The number of nitrogens with one attached hydrogen (secondary N) is 2. The summed E-state index contributed by atoms with van der Waals surface area (Å²) in [5.74, 6) is -0.338. The van der Waals surface area contributed by atoms with Gasteiger partial charge in [-0.3, -0.25) is 5.10 Å². The van der Waals surface area contributed by atoms with Gasteiger partial charge in [0.25, 0.3) is 0 Å². The van der Waals surface area contributed by atoms with E-state index in [4.69, 9.17) is 14.7 Å². The van der Waals surface area contributed by atoms with Crippen molar-refractivity contribution >= 4 is 5.82 Å². The molecule has 2 aliphatic heterocycles. The van der Waals surface area contributed by atoms with E-state index >= 15 is 0 Å². The maximum atomic E-state index is 13.9. The summed E-state index contributed by atoms with van der Waals surface area (Å²) in [6.07, 6.45) is 5.72. The molecule has 1 saturated heterocycles. The van der Waals surface area contributed by atoms with Crippen LogP contribution < -0.4 is 15.0 Å². The first kappa shape index (κ1) is 18.9. The number of anilines is 1. The van der Waals surface area contributed by atoms with E-state index < -0.39 is 11.6 Å². The quantitative estimate of drug-likeness (QED) is 0.686. The van der Waals surface area contributed by atoms with E-state index in [1.165, 1.54) is 12.1 Å². The number of rotatable bonds is 4. The van der Waals surface area contributed by atoms with E-state index in [1.54, 1.807) is 6.20 Å². The highest BCUT2D eigenvalue weighted by molar-refractivity contribution is 5.71. The molecule has 156 valence electrons. The number of benzene rings is 1. The molecule has 0 spiro atoms. The predicted molar refractivity (Wildman–Crippen MR) is 107 cm³/mol. The van der Waals surface area contributed by atoms with E-state index in [2.05, 4.69) is 20.4 Å². The van der Waals surface area contributed by atoms with Gasteiger partial charge in [0.05, 0.1) is 17.6 Å². The molecule has 5 rings (SSSR count). The van der Waals surface area contributed by atoms with Gasteiger partial charge in [-0.15, -0.1) is 0 Å². The SMILES string of the molecule is Fc1ccc(OC2CCN(c3nc4c(nc3-c3cn[nH]c3)CNCC4)CC2)c(F)c1. The van der Waals surface area contributed by atoms with Gasteiger partial charge in [-0.05, 0) is 12.1 Å². The van der Waals surface area contributed by atoms with Gasteiger partial charge in [0.2, 0.25) is 0 Å². The van der Waals surface area contributed by atoms with Crippen molar-refractivity contribution in [2.24, 2.45) is 0 Å². The molecule has 0 aliphatic carbocycles. The molecule has 2 aromatic heterocycles. The predicted octanol–water partition coefficient (Wildman–Crippen LogP) is 2.84. The van der Waals surface area contributed by atoms with Gasteiger partial charge in [0.1, 0.15) is 17.6 Å². The van der Waals surface area contributed by atoms with Crippen molar-refractivity contribution in [3.63, 3.8) is 0 Å². The molecule has 30 heavy (non-hydrogen) atoms. The Hall–Kier alpha value is -3.07.